The van der Waals surface area contributed by atoms with Gasteiger partial charge in [-0.05, 0) is 35.7 Å². The first-order valence-corrected chi connectivity index (χ1v) is 12.0. The number of amides is 1. The van der Waals surface area contributed by atoms with Crippen molar-refractivity contribution in [1.82, 2.24) is 14.5 Å². The molecule has 1 amide bonds. The van der Waals surface area contributed by atoms with Crippen molar-refractivity contribution in [3.05, 3.63) is 60.2 Å². The SMILES string of the molecule is CC(C)C(NS(=O)(=O)N1CCN(c2ccc(OCc3ccccc3)cc2)CC1)C(=O)NO. The minimum absolute atomic E-state index is 0.285. The Morgan fingerprint density at radius 3 is 2.22 bits per heavy atom. The van der Waals surface area contributed by atoms with Crippen molar-refractivity contribution in [2.24, 2.45) is 5.92 Å². The van der Waals surface area contributed by atoms with E-state index in [-0.39, 0.29) is 19.0 Å². The summed E-state index contributed by atoms with van der Waals surface area (Å²) < 4.78 is 35.0. The van der Waals surface area contributed by atoms with Crippen LogP contribution in [-0.4, -0.2) is 56.1 Å². The predicted octanol–water partition coefficient (Wildman–Crippen LogP) is 1.75. The first-order chi connectivity index (χ1) is 15.3. The summed E-state index contributed by atoms with van der Waals surface area (Å²) in [5.41, 5.74) is 3.60. The third-order valence-corrected chi connectivity index (χ3v) is 6.96. The minimum Gasteiger partial charge on any atom is -0.489 e. The fourth-order valence-corrected chi connectivity index (χ4v) is 4.97. The van der Waals surface area contributed by atoms with Crippen LogP contribution in [0.4, 0.5) is 5.69 Å². The standard InChI is InChI=1S/C22H30N4O5S/c1-17(2)21(22(27)23-28)24-32(29,30)26-14-12-25(13-15-26)19-8-10-20(11-9-19)31-16-18-6-4-3-5-7-18/h3-11,17,21,24,28H,12-16H2,1-2H3,(H,23,27). The van der Waals surface area contributed by atoms with E-state index < -0.39 is 22.2 Å². The molecule has 3 N–H and O–H groups in total. The molecule has 0 aliphatic carbocycles. The highest BCUT2D eigenvalue weighted by Gasteiger charge is 2.33. The predicted molar refractivity (Wildman–Crippen MR) is 122 cm³/mol. The van der Waals surface area contributed by atoms with Gasteiger partial charge in [0.15, 0.2) is 0 Å². The first kappa shape index (κ1) is 24.0. The zero-order valence-electron chi connectivity index (χ0n) is 18.3. The van der Waals surface area contributed by atoms with Crippen LogP contribution >= 0.6 is 0 Å². The summed E-state index contributed by atoms with van der Waals surface area (Å²) in [4.78, 5) is 13.9. The number of nitrogens with zero attached hydrogens (tertiary/aromatic N) is 2. The Bertz CT molecular complexity index is 975. The molecule has 0 radical (unpaired) electrons. The lowest BCUT2D eigenvalue weighted by atomic mass is 10.1. The van der Waals surface area contributed by atoms with Crippen LogP contribution in [0.3, 0.4) is 0 Å². The van der Waals surface area contributed by atoms with Gasteiger partial charge < -0.3 is 9.64 Å². The van der Waals surface area contributed by atoms with Crippen LogP contribution in [0.25, 0.3) is 0 Å². The lowest BCUT2D eigenvalue weighted by Crippen LogP contribution is -2.57. The van der Waals surface area contributed by atoms with E-state index in [0.717, 1.165) is 17.0 Å². The van der Waals surface area contributed by atoms with Gasteiger partial charge in [-0.15, -0.1) is 0 Å². The van der Waals surface area contributed by atoms with E-state index in [4.69, 9.17) is 9.94 Å². The molecule has 2 aromatic rings. The Kier molecular flexibility index (Phi) is 8.08. The number of piperazine rings is 1. The topological polar surface area (TPSA) is 111 Å². The Morgan fingerprint density at radius 1 is 1.03 bits per heavy atom. The van der Waals surface area contributed by atoms with E-state index >= 15 is 0 Å². The van der Waals surface area contributed by atoms with Crippen molar-refractivity contribution in [3.8, 4) is 5.75 Å². The summed E-state index contributed by atoms with van der Waals surface area (Å²) in [7, 11) is -3.86. The molecule has 3 rings (SSSR count). The largest absolute Gasteiger partial charge is 0.489 e. The number of hydroxylamine groups is 1. The smallest absolute Gasteiger partial charge is 0.280 e. The van der Waals surface area contributed by atoms with E-state index in [2.05, 4.69) is 9.62 Å². The third kappa shape index (κ3) is 6.19. The summed E-state index contributed by atoms with van der Waals surface area (Å²) >= 11 is 0. The van der Waals surface area contributed by atoms with E-state index in [1.807, 2.05) is 54.6 Å². The fraction of sp³-hybridized carbons (Fsp3) is 0.409. The van der Waals surface area contributed by atoms with Crippen molar-refractivity contribution in [3.63, 3.8) is 0 Å². The van der Waals surface area contributed by atoms with E-state index in [1.54, 1.807) is 13.8 Å². The molecule has 174 valence electrons. The molecule has 1 fully saturated rings. The molecule has 1 saturated heterocycles. The lowest BCUT2D eigenvalue weighted by Gasteiger charge is -2.36. The second-order valence-corrected chi connectivity index (χ2v) is 9.68. The van der Waals surface area contributed by atoms with Gasteiger partial charge in [-0.1, -0.05) is 44.2 Å². The van der Waals surface area contributed by atoms with Gasteiger partial charge in [0, 0.05) is 31.9 Å². The number of carbonyl (C=O) groups excluding carboxylic acids is 1. The number of carbonyl (C=O) groups is 1. The van der Waals surface area contributed by atoms with Gasteiger partial charge in [-0.2, -0.15) is 17.4 Å². The normalized spacial score (nSPS) is 16.1. The molecule has 9 nitrogen and oxygen atoms in total. The van der Waals surface area contributed by atoms with Crippen LogP contribution in [-0.2, 0) is 21.6 Å². The molecule has 1 unspecified atom stereocenters. The zero-order valence-corrected chi connectivity index (χ0v) is 19.1. The summed E-state index contributed by atoms with van der Waals surface area (Å²) in [6, 6.07) is 16.6. The number of hydrogen-bond acceptors (Lipinski definition) is 6. The average Bonchev–Trinajstić information content (AvgIpc) is 2.81. The van der Waals surface area contributed by atoms with E-state index in [0.29, 0.717) is 19.7 Å². The molecule has 1 heterocycles. The second-order valence-electron chi connectivity index (χ2n) is 7.97. The summed E-state index contributed by atoms with van der Waals surface area (Å²) in [5, 5.41) is 8.87. The first-order valence-electron chi connectivity index (χ1n) is 10.5. The summed E-state index contributed by atoms with van der Waals surface area (Å²) in [6.45, 7) is 5.50. The number of benzene rings is 2. The third-order valence-electron chi connectivity index (χ3n) is 5.36. The molecule has 1 aliphatic heterocycles. The van der Waals surface area contributed by atoms with Crippen molar-refractivity contribution >= 4 is 21.8 Å². The number of rotatable bonds is 9. The number of nitrogens with one attached hydrogen (secondary N) is 2. The summed E-state index contributed by atoms with van der Waals surface area (Å²) in [6.07, 6.45) is 0. The number of ether oxygens (including phenoxy) is 1. The maximum Gasteiger partial charge on any atom is 0.280 e. The Balaban J connectivity index is 1.54. The van der Waals surface area contributed by atoms with E-state index in [9.17, 15) is 13.2 Å². The van der Waals surface area contributed by atoms with Gasteiger partial charge in [0.2, 0.25) is 0 Å². The van der Waals surface area contributed by atoms with Gasteiger partial charge in [-0.25, -0.2) is 5.48 Å². The number of anilines is 1. The van der Waals surface area contributed by atoms with Crippen LogP contribution in [0.15, 0.2) is 54.6 Å². The molecular weight excluding hydrogens is 432 g/mol. The molecule has 0 spiro atoms. The Hall–Kier alpha value is -2.66. The maximum absolute atomic E-state index is 12.7. The Labute approximate surface area is 189 Å². The van der Waals surface area contributed by atoms with Crippen LogP contribution in [0.5, 0.6) is 5.75 Å². The summed E-state index contributed by atoms with van der Waals surface area (Å²) in [5.74, 6) is -0.331. The molecule has 10 heteroatoms. The lowest BCUT2D eigenvalue weighted by molar-refractivity contribution is -0.131. The van der Waals surface area contributed by atoms with Gasteiger partial charge in [0.05, 0.1) is 0 Å². The molecule has 2 aromatic carbocycles. The molecule has 0 aromatic heterocycles. The van der Waals surface area contributed by atoms with Crippen LogP contribution in [0.1, 0.15) is 19.4 Å². The van der Waals surface area contributed by atoms with Gasteiger partial charge in [0.1, 0.15) is 18.4 Å². The fourth-order valence-electron chi connectivity index (χ4n) is 3.48. The van der Waals surface area contributed by atoms with Crippen LogP contribution in [0.2, 0.25) is 0 Å². The molecular formula is C22H30N4O5S. The van der Waals surface area contributed by atoms with Crippen LogP contribution in [0, 0.1) is 5.92 Å². The molecule has 0 saturated carbocycles. The number of hydrogen-bond donors (Lipinski definition) is 3. The van der Waals surface area contributed by atoms with Crippen molar-refractivity contribution in [1.29, 1.82) is 0 Å². The van der Waals surface area contributed by atoms with Crippen molar-refractivity contribution in [2.45, 2.75) is 26.5 Å². The molecule has 32 heavy (non-hydrogen) atoms. The molecule has 1 aliphatic rings. The van der Waals surface area contributed by atoms with E-state index in [1.165, 1.54) is 9.79 Å². The Morgan fingerprint density at radius 2 is 1.66 bits per heavy atom. The van der Waals surface area contributed by atoms with Crippen LogP contribution < -0.4 is 19.8 Å². The van der Waals surface area contributed by atoms with Crippen molar-refractivity contribution < 1.29 is 23.2 Å². The highest BCUT2D eigenvalue weighted by Crippen LogP contribution is 2.22. The highest BCUT2D eigenvalue weighted by atomic mass is 32.2. The quantitative estimate of drug-likeness (QED) is 0.387. The van der Waals surface area contributed by atoms with Gasteiger partial charge >= 0.3 is 0 Å². The monoisotopic (exact) mass is 462 g/mol. The highest BCUT2D eigenvalue weighted by molar-refractivity contribution is 7.87. The zero-order chi connectivity index (χ0) is 23.1. The maximum atomic E-state index is 12.7. The van der Waals surface area contributed by atoms with Crippen molar-refractivity contribution in [2.75, 3.05) is 31.1 Å². The average molecular weight is 463 g/mol. The molecule has 0 bridgehead atoms. The van der Waals surface area contributed by atoms with Gasteiger partial charge in [0.25, 0.3) is 16.1 Å². The molecule has 1 atom stereocenters. The van der Waals surface area contributed by atoms with Gasteiger partial charge in [-0.3, -0.25) is 10.0 Å². The second kappa shape index (κ2) is 10.8. The minimum atomic E-state index is -3.86.